The zero-order valence-corrected chi connectivity index (χ0v) is 19.9. The van der Waals surface area contributed by atoms with Gasteiger partial charge in [-0.15, -0.1) is 0 Å². The molecule has 204 valence electrons. The number of alkyl halides is 6. The summed E-state index contributed by atoms with van der Waals surface area (Å²) in [6.45, 7) is 3.11. The van der Waals surface area contributed by atoms with Crippen molar-refractivity contribution in [3.05, 3.63) is 29.3 Å². The molecule has 0 fully saturated rings. The van der Waals surface area contributed by atoms with Crippen molar-refractivity contribution in [3.8, 4) is 0 Å². The molecule has 0 heterocycles. The average Bonchev–Trinajstić information content (AvgIpc) is 2.78. The second-order valence-corrected chi connectivity index (χ2v) is 8.80. The first kappa shape index (κ1) is 31.4. The van der Waals surface area contributed by atoms with Crippen molar-refractivity contribution in [2.24, 2.45) is 5.92 Å². The molecule has 11 heteroatoms. The second kappa shape index (κ2) is 14.2. The Hall–Kier alpha value is -1.68. The maximum atomic E-state index is 15.1. The first-order valence-corrected chi connectivity index (χ1v) is 11.9. The summed E-state index contributed by atoms with van der Waals surface area (Å²) in [5.41, 5.74) is -1.29. The Balaban J connectivity index is 3.04. The summed E-state index contributed by atoms with van der Waals surface area (Å²) in [4.78, 5) is -0.0587. The predicted molar refractivity (Wildman–Crippen MR) is 115 cm³/mol. The molecule has 35 heavy (non-hydrogen) atoms. The zero-order valence-electron chi connectivity index (χ0n) is 19.9. The van der Waals surface area contributed by atoms with E-state index in [1.807, 2.05) is 13.8 Å². The van der Waals surface area contributed by atoms with Crippen LogP contribution in [0.3, 0.4) is 0 Å². The summed E-state index contributed by atoms with van der Waals surface area (Å²) >= 11 is 0. The minimum absolute atomic E-state index is 0.0519. The van der Waals surface area contributed by atoms with E-state index in [0.29, 0.717) is 12.8 Å². The van der Waals surface area contributed by atoms with Crippen LogP contribution in [0, 0.1) is 29.2 Å². The molecule has 1 aromatic carbocycles. The van der Waals surface area contributed by atoms with Crippen LogP contribution in [-0.4, -0.2) is 24.9 Å². The molecule has 0 radical (unpaired) electrons. The van der Waals surface area contributed by atoms with Crippen LogP contribution in [0.1, 0.15) is 84.5 Å². The normalized spacial score (nSPS) is 14.3. The van der Waals surface area contributed by atoms with Gasteiger partial charge in [0, 0.05) is 19.0 Å². The third-order valence-corrected chi connectivity index (χ3v) is 6.08. The summed E-state index contributed by atoms with van der Waals surface area (Å²) in [5, 5.41) is 0. The summed E-state index contributed by atoms with van der Waals surface area (Å²) in [6.07, 6.45) is -6.34. The molecule has 1 rings (SSSR count). The highest BCUT2D eigenvalue weighted by molar-refractivity contribution is 5.50. The van der Waals surface area contributed by atoms with Crippen LogP contribution in [-0.2, 0) is 0 Å². The van der Waals surface area contributed by atoms with E-state index in [0.717, 1.165) is 12.8 Å². The average molecular weight is 526 g/mol. The largest absolute Gasteiger partial charge is 0.389 e. The van der Waals surface area contributed by atoms with Crippen molar-refractivity contribution in [2.75, 3.05) is 11.4 Å². The number of halogens is 10. The first-order valence-electron chi connectivity index (χ1n) is 11.9. The Bertz CT molecular complexity index is 766. The van der Waals surface area contributed by atoms with E-state index in [1.165, 1.54) is 0 Å². The molecular weight excluding hydrogens is 492 g/mol. The third-order valence-electron chi connectivity index (χ3n) is 6.08. The van der Waals surface area contributed by atoms with Gasteiger partial charge in [0.1, 0.15) is 0 Å². The van der Waals surface area contributed by atoms with E-state index in [4.69, 9.17) is 0 Å². The Labute approximate surface area is 199 Å². The maximum Gasteiger partial charge on any atom is 0.389 e. The minimum atomic E-state index is -4.40. The Morgan fingerprint density at radius 2 is 1.40 bits per heavy atom. The highest BCUT2D eigenvalue weighted by atomic mass is 19.4. The van der Waals surface area contributed by atoms with E-state index in [-0.39, 0.29) is 49.0 Å². The first-order chi connectivity index (χ1) is 16.3. The molecule has 0 aliphatic heterocycles. The Kier molecular flexibility index (Phi) is 12.7. The van der Waals surface area contributed by atoms with Gasteiger partial charge in [-0.1, -0.05) is 58.8 Å². The third kappa shape index (κ3) is 9.71. The van der Waals surface area contributed by atoms with Crippen molar-refractivity contribution in [1.82, 2.24) is 0 Å². The van der Waals surface area contributed by atoms with Crippen LogP contribution >= 0.6 is 0 Å². The van der Waals surface area contributed by atoms with Crippen LogP contribution in [0.25, 0.3) is 0 Å². The zero-order chi connectivity index (χ0) is 26.8. The van der Waals surface area contributed by atoms with Gasteiger partial charge >= 0.3 is 12.2 Å². The Morgan fingerprint density at radius 3 is 1.97 bits per heavy atom. The van der Waals surface area contributed by atoms with Gasteiger partial charge in [-0.05, 0) is 25.2 Å². The smallest absolute Gasteiger partial charge is 0.308 e. The Morgan fingerprint density at radius 1 is 0.771 bits per heavy atom. The van der Waals surface area contributed by atoms with Crippen molar-refractivity contribution >= 4 is 5.69 Å². The number of hydrogen-bond donors (Lipinski definition) is 0. The van der Waals surface area contributed by atoms with Crippen LogP contribution in [0.2, 0.25) is 0 Å². The summed E-state index contributed by atoms with van der Waals surface area (Å²) in [5.74, 6) is -8.47. The van der Waals surface area contributed by atoms with E-state index in [1.54, 1.807) is 0 Å². The van der Waals surface area contributed by atoms with Gasteiger partial charge in [0.15, 0.2) is 29.4 Å². The van der Waals surface area contributed by atoms with Gasteiger partial charge in [-0.2, -0.15) is 22.0 Å². The van der Waals surface area contributed by atoms with E-state index >= 15 is 8.78 Å². The molecule has 0 saturated heterocycles. The molecule has 0 saturated carbocycles. The van der Waals surface area contributed by atoms with Gasteiger partial charge in [0.25, 0.3) is 0 Å². The number of benzene rings is 1. The second-order valence-electron chi connectivity index (χ2n) is 8.80. The van der Waals surface area contributed by atoms with Crippen molar-refractivity contribution < 1.29 is 43.9 Å². The molecule has 0 N–H and O–H groups in total. The SMILES string of the molecule is CCCCC(CC)CCN(c1cc(F)c(F)c(F)c1F)C(F)(F)C(F)CCCCCCC(F)(F)F. The monoisotopic (exact) mass is 525 g/mol. The fourth-order valence-corrected chi connectivity index (χ4v) is 3.89. The molecule has 1 nitrogen and oxygen atoms in total. The molecule has 0 spiro atoms. The lowest BCUT2D eigenvalue weighted by Crippen LogP contribution is -2.50. The minimum Gasteiger partial charge on any atom is -0.308 e. The number of nitrogens with zero attached hydrogens (tertiary/aromatic N) is 1. The number of anilines is 1. The van der Waals surface area contributed by atoms with Crippen LogP contribution in [0.4, 0.5) is 49.6 Å². The molecule has 0 bridgehead atoms. The lowest BCUT2D eigenvalue weighted by molar-refractivity contribution is -0.135. The molecular formula is C24H33F10N. The standard InChI is InChI=1S/C24H33F10N/c1-3-5-10-16(4-2)12-14-35(18-15-17(25)20(27)22(29)21(18)28)24(33,34)19(26)11-8-6-7-9-13-23(30,31)32/h15-16,19H,3-14H2,1-2H3. The van der Waals surface area contributed by atoms with Crippen molar-refractivity contribution in [3.63, 3.8) is 0 Å². The predicted octanol–water partition coefficient (Wildman–Crippen LogP) is 9.49. The molecule has 0 amide bonds. The van der Waals surface area contributed by atoms with Crippen molar-refractivity contribution in [1.29, 1.82) is 0 Å². The van der Waals surface area contributed by atoms with E-state index < -0.39 is 66.7 Å². The maximum absolute atomic E-state index is 15.1. The summed E-state index contributed by atoms with van der Waals surface area (Å²) in [6, 6.07) is -4.31. The molecule has 0 aromatic heterocycles. The number of hydrogen-bond acceptors (Lipinski definition) is 1. The molecule has 1 aromatic rings. The fraction of sp³-hybridized carbons (Fsp3) is 0.750. The summed E-state index contributed by atoms with van der Waals surface area (Å²) in [7, 11) is 0. The topological polar surface area (TPSA) is 3.24 Å². The number of rotatable bonds is 16. The van der Waals surface area contributed by atoms with Crippen LogP contribution < -0.4 is 4.90 Å². The van der Waals surface area contributed by atoms with E-state index in [2.05, 4.69) is 0 Å². The molecule has 0 aliphatic carbocycles. The number of unbranched alkanes of at least 4 members (excludes halogenated alkanes) is 4. The van der Waals surface area contributed by atoms with Gasteiger partial charge < -0.3 is 4.90 Å². The van der Waals surface area contributed by atoms with Crippen LogP contribution in [0.15, 0.2) is 6.07 Å². The lowest BCUT2D eigenvalue weighted by Gasteiger charge is -2.36. The molecule has 2 atom stereocenters. The van der Waals surface area contributed by atoms with Gasteiger partial charge in [-0.3, -0.25) is 0 Å². The van der Waals surface area contributed by atoms with Crippen molar-refractivity contribution in [2.45, 2.75) is 103 Å². The molecule has 0 aliphatic rings. The highest BCUT2D eigenvalue weighted by Gasteiger charge is 2.47. The molecule has 2 unspecified atom stereocenters. The lowest BCUT2D eigenvalue weighted by atomic mass is 9.95. The van der Waals surface area contributed by atoms with Gasteiger partial charge in [-0.25, -0.2) is 22.0 Å². The van der Waals surface area contributed by atoms with E-state index in [9.17, 15) is 35.1 Å². The van der Waals surface area contributed by atoms with Gasteiger partial charge in [0.2, 0.25) is 0 Å². The van der Waals surface area contributed by atoms with Gasteiger partial charge in [0.05, 0.1) is 5.69 Å². The highest BCUT2D eigenvalue weighted by Crippen LogP contribution is 2.38. The fourth-order valence-electron chi connectivity index (χ4n) is 3.89. The summed E-state index contributed by atoms with van der Waals surface area (Å²) < 4.78 is 137. The quantitative estimate of drug-likeness (QED) is 0.0683. The van der Waals surface area contributed by atoms with Crippen LogP contribution in [0.5, 0.6) is 0 Å².